The van der Waals surface area contributed by atoms with Gasteiger partial charge in [-0.15, -0.1) is 0 Å². The second kappa shape index (κ2) is 7.66. The first-order valence-electron chi connectivity index (χ1n) is 9.62. The monoisotopic (exact) mass is 392 g/mol. The van der Waals surface area contributed by atoms with Crippen LogP contribution in [0.15, 0.2) is 42.7 Å². The van der Waals surface area contributed by atoms with Crippen LogP contribution in [0.5, 0.6) is 11.8 Å². The molecular formula is C22H24N4O3. The molecule has 0 radical (unpaired) electrons. The van der Waals surface area contributed by atoms with E-state index in [4.69, 9.17) is 14.5 Å². The number of pyridine rings is 2. The molecule has 3 aromatic rings. The fourth-order valence-electron chi connectivity index (χ4n) is 3.76. The zero-order chi connectivity index (χ0) is 20.5. The highest BCUT2D eigenvalue weighted by Gasteiger charge is 2.28. The van der Waals surface area contributed by atoms with Crippen LogP contribution in [0.2, 0.25) is 0 Å². The number of carbonyl (C=O) groups excluding carboxylic acids is 1. The number of Topliss-reactive ketones (excluding diaryl/α,β-unsaturated/α-hetero) is 1. The normalized spacial score (nSPS) is 18.1. The predicted molar refractivity (Wildman–Crippen MR) is 110 cm³/mol. The first-order chi connectivity index (χ1) is 13.9. The van der Waals surface area contributed by atoms with E-state index in [2.05, 4.69) is 16.7 Å². The van der Waals surface area contributed by atoms with Gasteiger partial charge in [0, 0.05) is 49.8 Å². The lowest BCUT2D eigenvalue weighted by atomic mass is 9.82. The molecule has 0 aromatic carbocycles. The molecule has 1 aliphatic carbocycles. The van der Waals surface area contributed by atoms with E-state index in [0.717, 1.165) is 34.2 Å². The molecule has 0 bridgehead atoms. The van der Waals surface area contributed by atoms with Gasteiger partial charge in [-0.25, -0.2) is 9.97 Å². The average Bonchev–Trinajstić information content (AvgIpc) is 3.07. The molecule has 2 atom stereocenters. The third kappa shape index (κ3) is 3.99. The first kappa shape index (κ1) is 19.1. The van der Waals surface area contributed by atoms with Gasteiger partial charge < -0.3 is 9.47 Å². The summed E-state index contributed by atoms with van der Waals surface area (Å²) < 4.78 is 13.2. The summed E-state index contributed by atoms with van der Waals surface area (Å²) in [6.45, 7) is 5.99. The molecule has 7 nitrogen and oxygen atoms in total. The molecule has 0 aliphatic heterocycles. The molecule has 7 heteroatoms. The molecule has 3 aromatic heterocycles. The average molecular weight is 392 g/mol. The van der Waals surface area contributed by atoms with Gasteiger partial charge in [-0.05, 0) is 25.5 Å². The van der Waals surface area contributed by atoms with E-state index in [1.54, 1.807) is 24.1 Å². The van der Waals surface area contributed by atoms with Crippen molar-refractivity contribution in [2.75, 3.05) is 7.11 Å². The van der Waals surface area contributed by atoms with Gasteiger partial charge in [-0.2, -0.15) is 5.10 Å². The van der Waals surface area contributed by atoms with E-state index in [1.807, 2.05) is 32.3 Å². The van der Waals surface area contributed by atoms with E-state index in [-0.39, 0.29) is 17.8 Å². The minimum Gasteiger partial charge on any atom is -0.481 e. The number of ether oxygens (including phenoxy) is 2. The van der Waals surface area contributed by atoms with Crippen LogP contribution < -0.4 is 9.47 Å². The minimum absolute atomic E-state index is 0.101. The van der Waals surface area contributed by atoms with E-state index >= 15 is 0 Å². The van der Waals surface area contributed by atoms with Crippen LogP contribution in [0.3, 0.4) is 0 Å². The van der Waals surface area contributed by atoms with Gasteiger partial charge in [-0.1, -0.05) is 12.2 Å². The topological polar surface area (TPSA) is 79.1 Å². The van der Waals surface area contributed by atoms with Crippen molar-refractivity contribution in [2.45, 2.75) is 32.3 Å². The molecule has 0 amide bonds. The van der Waals surface area contributed by atoms with Crippen molar-refractivity contribution in [1.29, 1.82) is 0 Å². The zero-order valence-electron chi connectivity index (χ0n) is 16.9. The van der Waals surface area contributed by atoms with Gasteiger partial charge in [0.05, 0.1) is 23.7 Å². The van der Waals surface area contributed by atoms with Gasteiger partial charge in [0.2, 0.25) is 11.8 Å². The molecule has 3 heterocycles. The molecule has 1 aliphatic rings. The van der Waals surface area contributed by atoms with Crippen molar-refractivity contribution in [2.24, 2.45) is 13.0 Å². The highest BCUT2D eigenvalue weighted by molar-refractivity contribution is 5.86. The molecule has 0 unspecified atom stereocenters. The SMILES string of the molecule is C=C1CC(=O)C[C@@H]([C@@H](C)Oc2nc(-c3ccc(OC)nc3)cc3nn(C)cc23)C1. The Morgan fingerprint density at radius 2 is 2.14 bits per heavy atom. The summed E-state index contributed by atoms with van der Waals surface area (Å²) in [5.74, 6) is 1.38. The second-order valence-electron chi connectivity index (χ2n) is 7.59. The highest BCUT2D eigenvalue weighted by Crippen LogP contribution is 2.33. The van der Waals surface area contributed by atoms with Crippen LogP contribution in [-0.4, -0.2) is 38.7 Å². The molecule has 150 valence electrons. The van der Waals surface area contributed by atoms with Crippen LogP contribution in [0, 0.1) is 5.92 Å². The highest BCUT2D eigenvalue weighted by atomic mass is 16.5. The summed E-state index contributed by atoms with van der Waals surface area (Å²) in [6.07, 6.45) is 5.23. The molecule has 4 rings (SSSR count). The second-order valence-corrected chi connectivity index (χ2v) is 7.59. The third-order valence-corrected chi connectivity index (χ3v) is 5.27. The number of nitrogens with zero attached hydrogens (tertiary/aromatic N) is 4. The maximum atomic E-state index is 12.0. The van der Waals surface area contributed by atoms with Crippen molar-refractivity contribution < 1.29 is 14.3 Å². The number of allylic oxidation sites excluding steroid dienone is 1. The Morgan fingerprint density at radius 3 is 2.83 bits per heavy atom. The fourth-order valence-corrected chi connectivity index (χ4v) is 3.76. The summed E-state index contributed by atoms with van der Waals surface area (Å²) in [6, 6.07) is 5.62. The van der Waals surface area contributed by atoms with E-state index in [0.29, 0.717) is 24.6 Å². The number of rotatable bonds is 5. The lowest BCUT2D eigenvalue weighted by Gasteiger charge is -2.28. The van der Waals surface area contributed by atoms with Gasteiger partial charge in [0.1, 0.15) is 11.9 Å². The van der Waals surface area contributed by atoms with Crippen molar-refractivity contribution >= 4 is 16.7 Å². The number of ketones is 1. The predicted octanol–water partition coefficient (Wildman–Crippen LogP) is 3.73. The minimum atomic E-state index is -0.170. The first-order valence-corrected chi connectivity index (χ1v) is 9.62. The number of hydrogen-bond donors (Lipinski definition) is 0. The van der Waals surface area contributed by atoms with E-state index in [1.165, 1.54) is 0 Å². The largest absolute Gasteiger partial charge is 0.481 e. The van der Waals surface area contributed by atoms with E-state index in [9.17, 15) is 4.79 Å². The van der Waals surface area contributed by atoms with Crippen molar-refractivity contribution in [3.63, 3.8) is 0 Å². The zero-order valence-corrected chi connectivity index (χ0v) is 16.9. The van der Waals surface area contributed by atoms with Crippen molar-refractivity contribution in [3.05, 3.63) is 42.7 Å². The Morgan fingerprint density at radius 1 is 1.31 bits per heavy atom. The van der Waals surface area contributed by atoms with Gasteiger partial charge >= 0.3 is 0 Å². The molecular weight excluding hydrogens is 368 g/mol. The number of aromatic nitrogens is 4. The number of hydrogen-bond acceptors (Lipinski definition) is 6. The van der Waals surface area contributed by atoms with E-state index < -0.39 is 0 Å². The molecule has 1 saturated carbocycles. The van der Waals surface area contributed by atoms with Crippen LogP contribution in [-0.2, 0) is 11.8 Å². The maximum Gasteiger partial charge on any atom is 0.225 e. The standard InChI is InChI=1S/C22H24N4O3/c1-13-7-16(9-17(27)8-13)14(2)29-22-18-12-26(3)25-20(18)10-19(24-22)15-5-6-21(28-4)23-11-15/h5-6,10-12,14,16H,1,7-9H2,2-4H3/t14-,16+/m1/s1. The number of fused-ring (bicyclic) bond motifs is 1. The molecule has 0 saturated heterocycles. The Balaban J connectivity index is 1.68. The molecule has 1 fully saturated rings. The summed E-state index contributed by atoms with van der Waals surface area (Å²) in [5.41, 5.74) is 3.33. The lowest BCUT2D eigenvalue weighted by molar-refractivity contribution is -0.121. The third-order valence-electron chi connectivity index (χ3n) is 5.27. The summed E-state index contributed by atoms with van der Waals surface area (Å²) >= 11 is 0. The Kier molecular flexibility index (Phi) is 5.05. The van der Waals surface area contributed by atoms with Crippen LogP contribution >= 0.6 is 0 Å². The summed E-state index contributed by atoms with van der Waals surface area (Å²) in [7, 11) is 3.45. The maximum absolute atomic E-state index is 12.0. The Bertz CT molecular complexity index is 1060. The van der Waals surface area contributed by atoms with Gasteiger partial charge in [0.15, 0.2) is 0 Å². The summed E-state index contributed by atoms with van der Waals surface area (Å²) in [5, 5.41) is 5.36. The van der Waals surface area contributed by atoms with Crippen LogP contribution in [0.1, 0.15) is 26.2 Å². The fraction of sp³-hybridized carbons (Fsp3) is 0.364. The van der Waals surface area contributed by atoms with Gasteiger partial charge in [0.25, 0.3) is 0 Å². The quantitative estimate of drug-likeness (QED) is 0.616. The smallest absolute Gasteiger partial charge is 0.225 e. The van der Waals surface area contributed by atoms with Gasteiger partial charge in [-0.3, -0.25) is 9.48 Å². The number of carbonyl (C=O) groups is 1. The number of aryl methyl sites for hydroxylation is 1. The van der Waals surface area contributed by atoms with Crippen LogP contribution in [0.4, 0.5) is 0 Å². The molecule has 0 spiro atoms. The van der Waals surface area contributed by atoms with Crippen molar-refractivity contribution in [3.8, 4) is 23.0 Å². The summed E-state index contributed by atoms with van der Waals surface area (Å²) in [4.78, 5) is 21.0. The van der Waals surface area contributed by atoms with Crippen LogP contribution in [0.25, 0.3) is 22.2 Å². The number of methoxy groups -OCH3 is 1. The lowest BCUT2D eigenvalue weighted by Crippen LogP contribution is -2.30. The molecule has 0 N–H and O–H groups in total. The molecule has 29 heavy (non-hydrogen) atoms. The van der Waals surface area contributed by atoms with Crippen molar-refractivity contribution in [1.82, 2.24) is 19.7 Å². The Hall–Kier alpha value is -3.22. The Labute approximate surface area is 169 Å².